The van der Waals surface area contributed by atoms with Crippen LogP contribution in [-0.4, -0.2) is 116 Å². The van der Waals surface area contributed by atoms with E-state index in [-0.39, 0.29) is 117 Å². The molecule has 2 radical (unpaired) electrons. The number of epoxide rings is 6. The van der Waals surface area contributed by atoms with E-state index in [1.807, 2.05) is 54.6 Å². The van der Waals surface area contributed by atoms with Gasteiger partial charge in [-0.1, -0.05) is 60.7 Å². The van der Waals surface area contributed by atoms with Gasteiger partial charge < -0.3 is 71.7 Å². The summed E-state index contributed by atoms with van der Waals surface area (Å²) in [5.74, 6) is 5.54. The minimum absolute atomic E-state index is 0. The molecule has 7 aromatic carbocycles. The van der Waals surface area contributed by atoms with Crippen molar-refractivity contribution in [1.29, 1.82) is 0 Å². The summed E-state index contributed by atoms with van der Waals surface area (Å²) in [5.41, 5.74) is 7.03. The SMILES string of the molecule is Cc1cc(-c2cc(C)c(OCC3CO3)c(C)c2)cc(C)c1OCC1CO1.[CH3-].[CH3-].[Y].[Y].c1cc(OCC2CO2)c2ccc(OCC3CO3)cc2c1.c1ccc2c(OCC3CO3)c3ccccc3c(OCC3CO3)c2c1. The molecule has 74 heavy (non-hydrogen) atoms. The van der Waals surface area contributed by atoms with Crippen molar-refractivity contribution in [1.82, 2.24) is 0 Å². The molecular weight excluding hydrogens is 1090 g/mol. The zero-order chi connectivity index (χ0) is 47.6. The Labute approximate surface area is 486 Å². The molecule has 6 saturated heterocycles. The first-order valence-electron chi connectivity index (χ1n) is 24.4. The largest absolute Gasteiger partial charge is 0.491 e. The van der Waals surface area contributed by atoms with Gasteiger partial charge in [-0.3, -0.25) is 0 Å². The summed E-state index contributed by atoms with van der Waals surface area (Å²) < 4.78 is 67.0. The van der Waals surface area contributed by atoms with Crippen LogP contribution in [0.3, 0.4) is 0 Å². The quantitative estimate of drug-likeness (QED) is 0.0434. The van der Waals surface area contributed by atoms with Crippen molar-refractivity contribution in [3.8, 4) is 45.6 Å². The third-order valence-corrected chi connectivity index (χ3v) is 12.8. The molecule has 6 aliphatic rings. The monoisotopic (exact) mass is 1160 g/mol. The van der Waals surface area contributed by atoms with Gasteiger partial charge in [0.05, 0.1) is 39.6 Å². The van der Waals surface area contributed by atoms with Crippen molar-refractivity contribution in [2.24, 2.45) is 0 Å². The third kappa shape index (κ3) is 15.4. The van der Waals surface area contributed by atoms with Crippen molar-refractivity contribution in [2.75, 3.05) is 79.3 Å². The number of rotatable bonds is 19. The molecule has 0 saturated carbocycles. The van der Waals surface area contributed by atoms with Crippen molar-refractivity contribution in [2.45, 2.75) is 64.3 Å². The molecule has 6 atom stereocenters. The van der Waals surface area contributed by atoms with E-state index in [1.165, 1.54) is 11.1 Å². The predicted molar refractivity (Wildman–Crippen MR) is 280 cm³/mol. The standard InChI is InChI=1S/C22H26O4.C20H18O4.C16H16O4.2CH3.2Y/c1-13-5-17(6-14(2)21(13)25-11-19-9-23-19)18-7-15(3)22(16(4)8-18)26-12-20-10-24-20;1-2-6-16-15(5-1)19(23-11-13-9-21-13)17-7-3-4-8-18(17)20(16)24-12-14-10-22-14;1-2-11-6-12(17-7-13-8-18-13)4-5-15(11)16(3-1)20-10-14-9-19-14;;;;/h5-8,19-20H,9-12H2,1-4H3;1-8,13-14H,9-12H2;1-6,13-14H,7-10H2;2*1H3;;/q;;;2*-1;;. The topological polar surface area (TPSA) is 131 Å². The molecule has 0 aliphatic carbocycles. The number of hydrogen-bond donors (Lipinski definition) is 0. The van der Waals surface area contributed by atoms with Crippen LogP contribution in [0, 0.1) is 42.5 Å². The third-order valence-electron chi connectivity index (χ3n) is 12.8. The summed E-state index contributed by atoms with van der Waals surface area (Å²) in [6, 6.07) is 37.4. The molecule has 0 amide bonds. The Balaban J connectivity index is 0.000000159. The van der Waals surface area contributed by atoms with E-state index >= 15 is 0 Å². The molecule has 0 aromatic heterocycles. The molecule has 6 unspecified atom stereocenters. The fraction of sp³-hybridized carbons (Fsp3) is 0.367. The van der Waals surface area contributed by atoms with E-state index in [9.17, 15) is 0 Å². The van der Waals surface area contributed by atoms with Crippen LogP contribution in [0.5, 0.6) is 34.5 Å². The molecule has 13 rings (SSSR count). The van der Waals surface area contributed by atoms with E-state index in [2.05, 4.69) is 82.3 Å². The van der Waals surface area contributed by atoms with Gasteiger partial charge >= 0.3 is 0 Å². The Bertz CT molecular complexity index is 2730. The molecule has 0 N–H and O–H groups in total. The van der Waals surface area contributed by atoms with E-state index in [1.54, 1.807) is 0 Å². The van der Waals surface area contributed by atoms with Crippen LogP contribution in [0.4, 0.5) is 0 Å². The number of fused-ring (bicyclic) bond motifs is 3. The van der Waals surface area contributed by atoms with Gasteiger partial charge in [0.15, 0.2) is 0 Å². The van der Waals surface area contributed by atoms with Gasteiger partial charge in [-0.25, -0.2) is 0 Å². The van der Waals surface area contributed by atoms with E-state index < -0.39 is 0 Å². The Hall–Kier alpha value is -3.91. The molecule has 386 valence electrons. The first-order chi connectivity index (χ1) is 34.3. The Morgan fingerprint density at radius 1 is 0.351 bits per heavy atom. The van der Waals surface area contributed by atoms with Crippen molar-refractivity contribution < 1.29 is 122 Å². The maximum absolute atomic E-state index is 6.14. The minimum Gasteiger partial charge on any atom is -0.491 e. The zero-order valence-corrected chi connectivity index (χ0v) is 49.1. The van der Waals surface area contributed by atoms with Gasteiger partial charge in [0.25, 0.3) is 0 Å². The second-order valence-electron chi connectivity index (χ2n) is 18.9. The fourth-order valence-electron chi connectivity index (χ4n) is 8.56. The predicted octanol–water partition coefficient (Wildman–Crippen LogP) is 11.0. The van der Waals surface area contributed by atoms with Crippen molar-refractivity contribution in [3.63, 3.8) is 0 Å². The molecule has 6 aliphatic heterocycles. The van der Waals surface area contributed by atoms with E-state index in [4.69, 9.17) is 56.8 Å². The summed E-state index contributed by atoms with van der Waals surface area (Å²) >= 11 is 0. The van der Waals surface area contributed by atoms with Crippen LogP contribution in [0.15, 0.2) is 109 Å². The van der Waals surface area contributed by atoms with Gasteiger partial charge in [0.1, 0.15) is 111 Å². The van der Waals surface area contributed by atoms with E-state index in [0.29, 0.717) is 39.6 Å². The van der Waals surface area contributed by atoms with Gasteiger partial charge in [-0.15, -0.1) is 0 Å². The molecule has 7 aromatic rings. The van der Waals surface area contributed by atoms with Gasteiger partial charge in [0, 0.05) is 92.3 Å². The molecule has 14 heteroatoms. The summed E-state index contributed by atoms with van der Waals surface area (Å²) in [7, 11) is 0. The second-order valence-corrected chi connectivity index (χ2v) is 18.9. The summed E-state index contributed by atoms with van der Waals surface area (Å²) in [6.45, 7) is 16.9. The minimum atomic E-state index is 0. The molecule has 0 spiro atoms. The van der Waals surface area contributed by atoms with Crippen LogP contribution >= 0.6 is 0 Å². The van der Waals surface area contributed by atoms with Gasteiger partial charge in [-0.05, 0) is 115 Å². The zero-order valence-electron chi connectivity index (χ0n) is 43.4. The normalized spacial score (nSPS) is 20.8. The average molecular weight is 1160 g/mol. The number of hydrogen-bond acceptors (Lipinski definition) is 12. The number of ether oxygens (including phenoxy) is 12. The average Bonchev–Trinajstić information content (AvgIpc) is 4.15. The Morgan fingerprint density at radius 3 is 1.03 bits per heavy atom. The summed E-state index contributed by atoms with van der Waals surface area (Å²) in [6.07, 6.45) is 1.54. The van der Waals surface area contributed by atoms with Crippen molar-refractivity contribution in [3.05, 3.63) is 146 Å². The van der Waals surface area contributed by atoms with Gasteiger partial charge in [-0.2, -0.15) is 0 Å². The van der Waals surface area contributed by atoms with Crippen LogP contribution in [-0.2, 0) is 93.8 Å². The molecule has 12 nitrogen and oxygen atoms in total. The Kier molecular flexibility index (Phi) is 20.6. The fourth-order valence-corrected chi connectivity index (χ4v) is 8.56. The molecular formula is C60H66O12Y2-2. The maximum Gasteiger partial charge on any atom is 0.135 e. The number of aryl methyl sites for hydroxylation is 4. The van der Waals surface area contributed by atoms with Gasteiger partial charge in [0.2, 0.25) is 0 Å². The van der Waals surface area contributed by atoms with Crippen molar-refractivity contribution >= 4 is 32.3 Å². The van der Waals surface area contributed by atoms with Crippen LogP contribution in [0.1, 0.15) is 22.3 Å². The van der Waals surface area contributed by atoms with E-state index in [0.717, 1.165) is 129 Å². The Morgan fingerprint density at radius 2 is 0.676 bits per heavy atom. The smallest absolute Gasteiger partial charge is 0.135 e. The first-order valence-corrected chi connectivity index (χ1v) is 24.4. The van der Waals surface area contributed by atoms with Crippen LogP contribution < -0.4 is 28.4 Å². The summed E-state index contributed by atoms with van der Waals surface area (Å²) in [5, 5.41) is 6.51. The first kappa shape index (κ1) is 57.8. The molecule has 6 fully saturated rings. The van der Waals surface area contributed by atoms with Crippen LogP contribution in [0.2, 0.25) is 0 Å². The maximum atomic E-state index is 6.14. The second kappa shape index (κ2) is 26.4. The summed E-state index contributed by atoms with van der Waals surface area (Å²) in [4.78, 5) is 0. The molecule has 0 bridgehead atoms. The number of benzene rings is 7. The molecule has 6 heterocycles. The van der Waals surface area contributed by atoms with Crippen LogP contribution in [0.25, 0.3) is 43.4 Å².